The average molecular weight is 159 g/mol. The van der Waals surface area contributed by atoms with Crippen molar-refractivity contribution >= 4 is 11.6 Å². The van der Waals surface area contributed by atoms with Crippen molar-refractivity contribution in [1.29, 1.82) is 0 Å². The minimum Gasteiger partial charge on any atom is -0.309 e. The van der Waals surface area contributed by atoms with E-state index in [1.807, 2.05) is 0 Å². The van der Waals surface area contributed by atoms with Crippen molar-refractivity contribution in [3.8, 4) is 0 Å². The normalized spacial score (nSPS) is 13.0. The number of nitrogens with one attached hydrogen (secondary N) is 1. The predicted molar refractivity (Wildman–Crippen MR) is 39.1 cm³/mol. The number of hydrogen-bond donors (Lipinski definition) is 1. The first-order chi connectivity index (χ1) is 4.70. The summed E-state index contributed by atoms with van der Waals surface area (Å²) < 4.78 is 0. The van der Waals surface area contributed by atoms with E-state index in [0.29, 0.717) is 5.82 Å². The Hall–Kier alpha value is -0.830. The Labute approximate surface area is 63.1 Å². The molecule has 1 atom stereocenters. The number of H-pyrrole nitrogens is 1. The summed E-state index contributed by atoms with van der Waals surface area (Å²) in [6.45, 7) is 1.75. The molecule has 0 bridgehead atoms. The lowest BCUT2D eigenvalue weighted by Gasteiger charge is -1.98. The highest BCUT2D eigenvalue weighted by atomic mass is 35.5. The molecular weight excluding hydrogens is 152 g/mol. The van der Waals surface area contributed by atoms with Gasteiger partial charge >= 0.3 is 0 Å². The Morgan fingerprint density at radius 3 is 2.90 bits per heavy atom. The number of halogens is 1. The summed E-state index contributed by atoms with van der Waals surface area (Å²) in [6.07, 6.45) is 1.44. The van der Waals surface area contributed by atoms with Crippen molar-refractivity contribution in [2.24, 2.45) is 0 Å². The highest BCUT2D eigenvalue weighted by Crippen LogP contribution is 2.11. The van der Waals surface area contributed by atoms with Gasteiger partial charge in [-0.15, -0.1) is 11.6 Å². The fraction of sp³-hybridized carbons (Fsp3) is 0.333. The molecule has 1 unspecified atom stereocenters. The number of hydrogen-bond acceptors (Lipinski definition) is 2. The van der Waals surface area contributed by atoms with Gasteiger partial charge in [0.2, 0.25) is 0 Å². The summed E-state index contributed by atoms with van der Waals surface area (Å²) >= 11 is 5.64. The molecule has 0 radical (unpaired) electrons. The van der Waals surface area contributed by atoms with Crippen molar-refractivity contribution in [2.45, 2.75) is 12.3 Å². The molecule has 3 nitrogen and oxygen atoms in total. The Morgan fingerprint density at radius 1 is 1.80 bits per heavy atom. The van der Waals surface area contributed by atoms with E-state index in [2.05, 4.69) is 9.97 Å². The molecule has 0 aromatic carbocycles. The van der Waals surface area contributed by atoms with Crippen LogP contribution in [0.15, 0.2) is 17.1 Å². The number of aromatic nitrogens is 2. The summed E-state index contributed by atoms with van der Waals surface area (Å²) in [5, 5.41) is -0.242. The third kappa shape index (κ3) is 1.57. The maximum atomic E-state index is 10.6. The van der Waals surface area contributed by atoms with Crippen LogP contribution in [0.3, 0.4) is 0 Å². The van der Waals surface area contributed by atoms with Gasteiger partial charge in [-0.25, -0.2) is 4.98 Å². The SMILES string of the molecule is CC(Cl)c1nccc(=O)[nH]1. The molecule has 54 valence electrons. The van der Waals surface area contributed by atoms with Gasteiger partial charge in [0.15, 0.2) is 0 Å². The van der Waals surface area contributed by atoms with Crippen LogP contribution in [0.5, 0.6) is 0 Å². The van der Waals surface area contributed by atoms with Crippen molar-refractivity contribution in [2.75, 3.05) is 0 Å². The first-order valence-electron chi connectivity index (χ1n) is 2.89. The Morgan fingerprint density at radius 2 is 2.50 bits per heavy atom. The summed E-state index contributed by atoms with van der Waals surface area (Å²) in [6, 6.07) is 1.35. The standard InChI is InChI=1S/C6H7ClN2O/c1-4(7)6-8-3-2-5(10)9-6/h2-4H,1H3,(H,8,9,10). The molecule has 0 spiro atoms. The molecule has 1 aromatic rings. The lowest BCUT2D eigenvalue weighted by molar-refractivity contribution is 0.893. The minimum atomic E-state index is -0.242. The van der Waals surface area contributed by atoms with E-state index in [1.165, 1.54) is 12.3 Å². The van der Waals surface area contributed by atoms with Gasteiger partial charge in [-0.05, 0) is 6.92 Å². The second kappa shape index (κ2) is 2.84. The Balaban J connectivity index is 3.07. The van der Waals surface area contributed by atoms with Gasteiger partial charge in [0.1, 0.15) is 5.82 Å². The van der Waals surface area contributed by atoms with Crippen molar-refractivity contribution in [3.05, 3.63) is 28.4 Å². The third-order valence-electron chi connectivity index (χ3n) is 1.07. The predicted octanol–water partition coefficient (Wildman–Crippen LogP) is 1.07. The van der Waals surface area contributed by atoms with E-state index in [-0.39, 0.29) is 10.9 Å². The monoisotopic (exact) mass is 158 g/mol. The van der Waals surface area contributed by atoms with E-state index < -0.39 is 0 Å². The fourth-order valence-corrected chi connectivity index (χ4v) is 0.698. The van der Waals surface area contributed by atoms with Gasteiger partial charge in [-0.3, -0.25) is 4.79 Å². The Bertz CT molecular complexity index is 268. The van der Waals surface area contributed by atoms with E-state index in [1.54, 1.807) is 6.92 Å². The molecule has 0 saturated carbocycles. The molecular formula is C6H7ClN2O. The minimum absolute atomic E-state index is 0.169. The zero-order valence-electron chi connectivity index (χ0n) is 5.47. The molecule has 1 rings (SSSR count). The van der Waals surface area contributed by atoms with E-state index >= 15 is 0 Å². The van der Waals surface area contributed by atoms with Gasteiger partial charge in [-0.1, -0.05) is 0 Å². The lowest BCUT2D eigenvalue weighted by atomic mass is 10.4. The van der Waals surface area contributed by atoms with Crippen LogP contribution in [0, 0.1) is 0 Å². The van der Waals surface area contributed by atoms with Crippen LogP contribution in [0.1, 0.15) is 18.1 Å². The zero-order chi connectivity index (χ0) is 7.56. The van der Waals surface area contributed by atoms with Gasteiger partial charge < -0.3 is 4.98 Å². The molecule has 0 amide bonds. The van der Waals surface area contributed by atoms with Gasteiger partial charge in [0.25, 0.3) is 5.56 Å². The quantitative estimate of drug-likeness (QED) is 0.622. The van der Waals surface area contributed by atoms with E-state index in [4.69, 9.17) is 11.6 Å². The molecule has 0 aliphatic rings. The maximum absolute atomic E-state index is 10.6. The summed E-state index contributed by atoms with van der Waals surface area (Å²) in [5.74, 6) is 0.508. The molecule has 4 heteroatoms. The van der Waals surface area contributed by atoms with Gasteiger partial charge in [0, 0.05) is 12.3 Å². The van der Waals surface area contributed by atoms with Crippen LogP contribution < -0.4 is 5.56 Å². The Kier molecular flexibility index (Phi) is 2.06. The van der Waals surface area contributed by atoms with Crippen molar-refractivity contribution < 1.29 is 0 Å². The first kappa shape index (κ1) is 7.28. The topological polar surface area (TPSA) is 45.8 Å². The summed E-state index contributed by atoms with van der Waals surface area (Å²) in [5.41, 5.74) is -0.169. The maximum Gasteiger partial charge on any atom is 0.250 e. The van der Waals surface area contributed by atoms with Crippen LogP contribution in [0.25, 0.3) is 0 Å². The number of rotatable bonds is 1. The molecule has 0 aliphatic heterocycles. The van der Waals surface area contributed by atoms with E-state index in [0.717, 1.165) is 0 Å². The smallest absolute Gasteiger partial charge is 0.250 e. The highest BCUT2D eigenvalue weighted by molar-refractivity contribution is 6.20. The number of nitrogens with zero attached hydrogens (tertiary/aromatic N) is 1. The number of aromatic amines is 1. The lowest BCUT2D eigenvalue weighted by Crippen LogP contribution is -2.08. The largest absolute Gasteiger partial charge is 0.309 e. The van der Waals surface area contributed by atoms with Crippen molar-refractivity contribution in [3.63, 3.8) is 0 Å². The van der Waals surface area contributed by atoms with Crippen LogP contribution in [0.4, 0.5) is 0 Å². The molecule has 0 saturated heterocycles. The average Bonchev–Trinajstić information content (AvgIpc) is 1.88. The molecule has 1 heterocycles. The van der Waals surface area contributed by atoms with Crippen molar-refractivity contribution in [1.82, 2.24) is 9.97 Å². The first-order valence-corrected chi connectivity index (χ1v) is 3.33. The highest BCUT2D eigenvalue weighted by Gasteiger charge is 2.00. The van der Waals surface area contributed by atoms with Crippen LogP contribution in [-0.4, -0.2) is 9.97 Å². The van der Waals surface area contributed by atoms with Crippen LogP contribution in [-0.2, 0) is 0 Å². The van der Waals surface area contributed by atoms with E-state index in [9.17, 15) is 4.79 Å². The second-order valence-electron chi connectivity index (χ2n) is 1.94. The molecule has 1 N–H and O–H groups in total. The third-order valence-corrected chi connectivity index (χ3v) is 1.27. The second-order valence-corrected chi connectivity index (χ2v) is 2.59. The van der Waals surface area contributed by atoms with Crippen LogP contribution >= 0.6 is 11.6 Å². The zero-order valence-corrected chi connectivity index (χ0v) is 6.22. The van der Waals surface area contributed by atoms with Gasteiger partial charge in [-0.2, -0.15) is 0 Å². The summed E-state index contributed by atoms with van der Waals surface area (Å²) in [4.78, 5) is 17.0. The molecule has 1 aromatic heterocycles. The summed E-state index contributed by atoms with van der Waals surface area (Å²) in [7, 11) is 0. The van der Waals surface area contributed by atoms with Crippen LogP contribution in [0.2, 0.25) is 0 Å². The fourth-order valence-electron chi connectivity index (χ4n) is 0.588. The van der Waals surface area contributed by atoms with Gasteiger partial charge in [0.05, 0.1) is 5.38 Å². The number of alkyl halides is 1. The molecule has 10 heavy (non-hydrogen) atoms. The molecule has 0 aliphatic carbocycles. The molecule has 0 fully saturated rings.